The summed E-state index contributed by atoms with van der Waals surface area (Å²) >= 11 is 0. The molecule has 0 aliphatic heterocycles. The van der Waals surface area contributed by atoms with Crippen molar-refractivity contribution in [2.45, 2.75) is 37.8 Å². The molecule has 0 saturated heterocycles. The van der Waals surface area contributed by atoms with Crippen molar-refractivity contribution in [1.82, 2.24) is 10.6 Å². The lowest BCUT2D eigenvalue weighted by Crippen LogP contribution is -2.57. The molecular weight excluding hydrogens is 444 g/mol. The smallest absolute Gasteiger partial charge is 0.408 e. The zero-order valence-electron chi connectivity index (χ0n) is 19.7. The van der Waals surface area contributed by atoms with E-state index in [0.717, 1.165) is 22.3 Å². The molecule has 0 spiro atoms. The number of rotatable bonds is 8. The fourth-order valence-corrected chi connectivity index (χ4v) is 4.39. The maximum atomic E-state index is 13.1. The molecule has 0 fully saturated rings. The van der Waals surface area contributed by atoms with E-state index < -0.39 is 29.6 Å². The van der Waals surface area contributed by atoms with Gasteiger partial charge in [-0.3, -0.25) is 4.79 Å². The fourth-order valence-electron chi connectivity index (χ4n) is 4.39. The number of nitrogens with one attached hydrogen (secondary N) is 2. The molecule has 4 rings (SSSR count). The topological polar surface area (TPSA) is 105 Å². The summed E-state index contributed by atoms with van der Waals surface area (Å²) in [6.45, 7) is 3.40. The predicted octanol–water partition coefficient (Wildman–Crippen LogP) is 4.64. The molecule has 180 valence electrons. The van der Waals surface area contributed by atoms with Gasteiger partial charge in [0.15, 0.2) is 6.04 Å². The second-order valence-corrected chi connectivity index (χ2v) is 8.79. The van der Waals surface area contributed by atoms with Crippen LogP contribution in [-0.2, 0) is 14.3 Å². The highest BCUT2D eigenvalue weighted by Gasteiger charge is 2.37. The molecule has 3 aromatic carbocycles. The van der Waals surface area contributed by atoms with Crippen LogP contribution in [0.2, 0.25) is 0 Å². The summed E-state index contributed by atoms with van der Waals surface area (Å²) < 4.78 is 5.58. The summed E-state index contributed by atoms with van der Waals surface area (Å²) in [5, 5.41) is 14.8. The Balaban J connectivity index is 1.44. The Morgan fingerprint density at radius 1 is 0.914 bits per heavy atom. The van der Waals surface area contributed by atoms with Crippen LogP contribution in [0.1, 0.15) is 48.9 Å². The van der Waals surface area contributed by atoms with Crippen LogP contribution in [0.25, 0.3) is 11.1 Å². The molecule has 0 radical (unpaired) electrons. The number of carboxylic acids is 1. The average Bonchev–Trinajstić information content (AvgIpc) is 3.19. The maximum Gasteiger partial charge on any atom is 0.408 e. The third-order valence-electron chi connectivity index (χ3n) is 6.59. The van der Waals surface area contributed by atoms with Crippen molar-refractivity contribution >= 4 is 18.0 Å². The Hall–Kier alpha value is -4.13. The lowest BCUT2D eigenvalue weighted by Gasteiger charge is -2.29. The first kappa shape index (κ1) is 24.0. The molecule has 1 aliphatic carbocycles. The number of ether oxygens (including phenoxy) is 1. The van der Waals surface area contributed by atoms with Gasteiger partial charge in [-0.15, -0.1) is 0 Å². The molecular formula is C28H28N2O5. The van der Waals surface area contributed by atoms with E-state index in [1.54, 1.807) is 44.2 Å². The molecule has 0 aromatic heterocycles. The quantitative estimate of drug-likeness (QED) is 0.443. The number of fused-ring (bicyclic) bond motifs is 3. The maximum absolute atomic E-state index is 13.1. The Morgan fingerprint density at radius 3 is 2.00 bits per heavy atom. The highest BCUT2D eigenvalue weighted by Crippen LogP contribution is 2.44. The van der Waals surface area contributed by atoms with Gasteiger partial charge in [-0.05, 0) is 41.2 Å². The van der Waals surface area contributed by atoms with Gasteiger partial charge < -0.3 is 20.5 Å². The molecule has 2 amide bonds. The van der Waals surface area contributed by atoms with Crippen molar-refractivity contribution in [3.63, 3.8) is 0 Å². The summed E-state index contributed by atoms with van der Waals surface area (Å²) in [5.74, 6) is -1.90. The third kappa shape index (κ3) is 4.89. The summed E-state index contributed by atoms with van der Waals surface area (Å²) in [4.78, 5) is 37.6. The van der Waals surface area contributed by atoms with Gasteiger partial charge >= 0.3 is 12.1 Å². The summed E-state index contributed by atoms with van der Waals surface area (Å²) in [6, 6.07) is 23.2. The molecule has 7 nitrogen and oxygen atoms in total. The SMILES string of the molecule is CCC(C)(NC(=O)OCC1c2ccccc2-c2ccccc21)C(=O)N[C@H](C(=O)O)c1ccccc1. The second kappa shape index (κ2) is 10.0. The number of carbonyl (C=O) groups excluding carboxylic acids is 2. The summed E-state index contributed by atoms with van der Waals surface area (Å²) in [7, 11) is 0. The van der Waals surface area contributed by atoms with E-state index in [2.05, 4.69) is 22.8 Å². The van der Waals surface area contributed by atoms with Crippen LogP contribution in [0, 0.1) is 0 Å². The van der Waals surface area contributed by atoms with Gasteiger partial charge in [0.2, 0.25) is 5.91 Å². The minimum atomic E-state index is -1.36. The van der Waals surface area contributed by atoms with Crippen LogP contribution >= 0.6 is 0 Å². The van der Waals surface area contributed by atoms with E-state index in [1.807, 2.05) is 36.4 Å². The van der Waals surface area contributed by atoms with Crippen LogP contribution in [0.5, 0.6) is 0 Å². The van der Waals surface area contributed by atoms with Gasteiger partial charge in [0.1, 0.15) is 12.1 Å². The minimum Gasteiger partial charge on any atom is -0.479 e. The number of aliphatic carboxylic acids is 1. The molecule has 0 heterocycles. The van der Waals surface area contributed by atoms with Gasteiger partial charge in [0, 0.05) is 5.92 Å². The number of alkyl carbamates (subject to hydrolysis) is 1. The predicted molar refractivity (Wildman–Crippen MR) is 132 cm³/mol. The van der Waals surface area contributed by atoms with Crippen molar-refractivity contribution in [2.24, 2.45) is 0 Å². The normalized spacial score (nSPS) is 14.7. The Labute approximate surface area is 204 Å². The van der Waals surface area contributed by atoms with E-state index in [0.29, 0.717) is 5.56 Å². The first-order chi connectivity index (χ1) is 16.8. The van der Waals surface area contributed by atoms with E-state index in [4.69, 9.17) is 4.74 Å². The van der Waals surface area contributed by atoms with Gasteiger partial charge in [0.25, 0.3) is 0 Å². The first-order valence-corrected chi connectivity index (χ1v) is 11.6. The van der Waals surface area contributed by atoms with Gasteiger partial charge in [-0.25, -0.2) is 9.59 Å². The van der Waals surface area contributed by atoms with Crippen molar-refractivity contribution in [3.8, 4) is 11.1 Å². The van der Waals surface area contributed by atoms with Crippen molar-refractivity contribution in [2.75, 3.05) is 6.61 Å². The summed E-state index contributed by atoms with van der Waals surface area (Å²) in [6.07, 6.45) is -0.498. The molecule has 1 unspecified atom stereocenters. The number of amides is 2. The molecule has 35 heavy (non-hydrogen) atoms. The Kier molecular flexibility index (Phi) is 6.87. The monoisotopic (exact) mass is 472 g/mol. The first-order valence-electron chi connectivity index (χ1n) is 11.6. The number of benzene rings is 3. The lowest BCUT2D eigenvalue weighted by molar-refractivity contribution is -0.143. The van der Waals surface area contributed by atoms with E-state index in [1.165, 1.54) is 0 Å². The van der Waals surface area contributed by atoms with E-state index >= 15 is 0 Å². The average molecular weight is 473 g/mol. The summed E-state index contributed by atoms with van der Waals surface area (Å²) in [5.41, 5.74) is 3.50. The second-order valence-electron chi connectivity index (χ2n) is 8.79. The molecule has 0 saturated carbocycles. The molecule has 2 atom stereocenters. The molecule has 0 bridgehead atoms. The zero-order valence-corrected chi connectivity index (χ0v) is 19.7. The van der Waals surface area contributed by atoms with Crippen molar-refractivity contribution < 1.29 is 24.2 Å². The van der Waals surface area contributed by atoms with Crippen LogP contribution in [0.15, 0.2) is 78.9 Å². The van der Waals surface area contributed by atoms with Gasteiger partial charge in [0.05, 0.1) is 0 Å². The van der Waals surface area contributed by atoms with Crippen molar-refractivity contribution in [3.05, 3.63) is 95.6 Å². The molecule has 3 N–H and O–H groups in total. The molecule has 3 aromatic rings. The van der Waals surface area contributed by atoms with E-state index in [-0.39, 0.29) is 18.9 Å². The molecule has 1 aliphatic rings. The highest BCUT2D eigenvalue weighted by atomic mass is 16.5. The number of hydrogen-bond donors (Lipinski definition) is 3. The molecule has 7 heteroatoms. The van der Waals surface area contributed by atoms with Gasteiger partial charge in [-0.1, -0.05) is 85.8 Å². The van der Waals surface area contributed by atoms with Gasteiger partial charge in [-0.2, -0.15) is 0 Å². The third-order valence-corrected chi connectivity index (χ3v) is 6.59. The number of carbonyl (C=O) groups is 3. The standard InChI is InChI=1S/C28H28N2O5/c1-3-28(2,26(33)29-24(25(31)32)18-11-5-4-6-12-18)30-27(34)35-17-23-21-15-9-7-13-19(21)20-14-8-10-16-22(20)23/h4-16,23-24H,3,17H2,1-2H3,(H,29,33)(H,30,34)(H,31,32)/t24-,28?/m0/s1. The van der Waals surface area contributed by atoms with Crippen LogP contribution in [0.4, 0.5) is 4.79 Å². The largest absolute Gasteiger partial charge is 0.479 e. The highest BCUT2D eigenvalue weighted by molar-refractivity contribution is 5.92. The van der Waals surface area contributed by atoms with Crippen molar-refractivity contribution in [1.29, 1.82) is 0 Å². The fraction of sp³-hybridized carbons (Fsp3) is 0.250. The van der Waals surface area contributed by atoms with E-state index in [9.17, 15) is 19.5 Å². The zero-order chi connectivity index (χ0) is 25.0. The number of hydrogen-bond acceptors (Lipinski definition) is 4. The number of carboxylic acid groups (broad SMARTS) is 1. The Bertz CT molecular complexity index is 1200. The van der Waals surface area contributed by atoms with Crippen LogP contribution < -0.4 is 10.6 Å². The van der Waals surface area contributed by atoms with Crippen LogP contribution in [0.3, 0.4) is 0 Å². The lowest BCUT2D eigenvalue weighted by atomic mass is 9.96. The van der Waals surface area contributed by atoms with Crippen LogP contribution in [-0.4, -0.2) is 35.2 Å². The minimum absolute atomic E-state index is 0.107. The Morgan fingerprint density at radius 2 is 1.46 bits per heavy atom.